The maximum atomic E-state index is 15.4. The van der Waals surface area contributed by atoms with Gasteiger partial charge >= 0.3 is 16.2 Å². The maximum Gasteiger partial charge on any atom is 0.307 e. The normalized spacial score (nSPS) is 15.9. The van der Waals surface area contributed by atoms with Crippen molar-refractivity contribution in [2.75, 3.05) is 31.4 Å². The molecule has 0 spiro atoms. The first-order chi connectivity index (χ1) is 20.0. The summed E-state index contributed by atoms with van der Waals surface area (Å²) in [5.74, 6) is -4.56. The minimum atomic E-state index is -4.11. The van der Waals surface area contributed by atoms with Crippen LogP contribution in [-0.4, -0.2) is 71.1 Å². The molecule has 0 aliphatic carbocycles. The van der Waals surface area contributed by atoms with Crippen molar-refractivity contribution >= 4 is 38.7 Å². The Kier molecular flexibility index (Phi) is 8.08. The predicted molar refractivity (Wildman–Crippen MR) is 153 cm³/mol. The van der Waals surface area contributed by atoms with Gasteiger partial charge in [0.2, 0.25) is 5.78 Å². The molecule has 1 saturated heterocycles. The summed E-state index contributed by atoms with van der Waals surface area (Å²) in [5, 5.41) is 9.57. The molecule has 10 nitrogen and oxygen atoms in total. The Labute approximate surface area is 241 Å². The third-order valence-corrected chi connectivity index (χ3v) is 9.06. The molecule has 2 aromatic heterocycles. The Morgan fingerprint density at radius 2 is 1.90 bits per heavy atom. The van der Waals surface area contributed by atoms with Gasteiger partial charge in [0.25, 0.3) is 0 Å². The summed E-state index contributed by atoms with van der Waals surface area (Å²) in [6.45, 7) is 3.56. The quantitative estimate of drug-likeness (QED) is 0.233. The number of carbonyl (C=O) groups is 2. The first kappa shape index (κ1) is 29.3. The van der Waals surface area contributed by atoms with E-state index in [1.54, 1.807) is 19.2 Å². The van der Waals surface area contributed by atoms with Crippen molar-refractivity contribution in [1.29, 1.82) is 0 Å². The second kappa shape index (κ2) is 11.6. The second-order valence-corrected chi connectivity index (χ2v) is 12.0. The van der Waals surface area contributed by atoms with Gasteiger partial charge in [0.1, 0.15) is 11.5 Å². The number of likely N-dealkylation sites (tertiary alicyclic amines) is 1. The summed E-state index contributed by atoms with van der Waals surface area (Å²) in [6, 6.07) is 11.1. The first-order valence-corrected chi connectivity index (χ1v) is 14.7. The summed E-state index contributed by atoms with van der Waals surface area (Å²) in [6.07, 6.45) is 3.55. The highest BCUT2D eigenvalue weighted by Crippen LogP contribution is 2.30. The molecule has 1 aliphatic rings. The van der Waals surface area contributed by atoms with Crippen molar-refractivity contribution in [1.82, 2.24) is 19.2 Å². The van der Waals surface area contributed by atoms with Crippen LogP contribution >= 0.6 is 0 Å². The summed E-state index contributed by atoms with van der Waals surface area (Å²) in [5.41, 5.74) is 1.35. The Balaban J connectivity index is 1.41. The number of rotatable bonds is 10. The van der Waals surface area contributed by atoms with Gasteiger partial charge in [-0.2, -0.15) is 12.7 Å². The molecule has 220 valence electrons. The number of nitrogens with zero attached hydrogens (tertiary/aromatic N) is 3. The number of carbonyl (C=O) groups excluding carboxylic acids is 1. The van der Waals surface area contributed by atoms with E-state index in [1.807, 2.05) is 24.3 Å². The highest BCUT2D eigenvalue weighted by Gasteiger charge is 2.28. The van der Waals surface area contributed by atoms with Gasteiger partial charge in [-0.15, -0.1) is 0 Å². The van der Waals surface area contributed by atoms with Gasteiger partial charge < -0.3 is 10.1 Å². The topological polar surface area (TPSA) is 136 Å². The van der Waals surface area contributed by atoms with E-state index in [0.717, 1.165) is 34.1 Å². The largest absolute Gasteiger partial charge is 0.481 e. The highest BCUT2D eigenvalue weighted by molar-refractivity contribution is 7.90. The number of hydrogen-bond donors (Lipinski definition) is 3. The predicted octanol–water partition coefficient (Wildman–Crippen LogP) is 4.25. The van der Waals surface area contributed by atoms with E-state index in [1.165, 1.54) is 13.2 Å². The molecule has 1 aliphatic heterocycles. The number of carboxylic acids is 1. The van der Waals surface area contributed by atoms with Crippen molar-refractivity contribution in [3.05, 3.63) is 83.2 Å². The van der Waals surface area contributed by atoms with Gasteiger partial charge in [0.15, 0.2) is 5.82 Å². The van der Waals surface area contributed by atoms with Crippen molar-refractivity contribution < 1.29 is 31.9 Å². The number of aliphatic carboxylic acids is 1. The number of fused-ring (bicyclic) bond motifs is 1. The van der Waals surface area contributed by atoms with Gasteiger partial charge in [-0.25, -0.2) is 13.8 Å². The summed E-state index contributed by atoms with van der Waals surface area (Å²) in [4.78, 5) is 34.0. The third-order valence-electron chi connectivity index (χ3n) is 7.50. The number of H-pyrrole nitrogens is 1. The molecule has 3 N–H and O–H groups in total. The van der Waals surface area contributed by atoms with Crippen LogP contribution in [0.3, 0.4) is 0 Å². The molecule has 4 aromatic rings. The Morgan fingerprint density at radius 3 is 2.57 bits per heavy atom. The van der Waals surface area contributed by atoms with Crippen LogP contribution in [0.15, 0.2) is 54.9 Å². The van der Waals surface area contributed by atoms with Crippen LogP contribution in [0, 0.1) is 17.6 Å². The van der Waals surface area contributed by atoms with Crippen LogP contribution in [-0.2, 0) is 21.5 Å². The van der Waals surface area contributed by atoms with Gasteiger partial charge in [0.05, 0.1) is 17.2 Å². The Hall–Kier alpha value is -4.20. The lowest BCUT2D eigenvalue weighted by molar-refractivity contribution is -0.141. The first-order valence-electron chi connectivity index (χ1n) is 13.3. The molecule has 0 bridgehead atoms. The molecule has 0 unspecified atom stereocenters. The van der Waals surface area contributed by atoms with Gasteiger partial charge in [-0.3, -0.25) is 19.2 Å². The average molecular weight is 598 g/mol. The fourth-order valence-electron chi connectivity index (χ4n) is 4.95. The maximum absolute atomic E-state index is 15.4. The molecular weight excluding hydrogens is 568 g/mol. The summed E-state index contributed by atoms with van der Waals surface area (Å²) < 4.78 is 58.0. The molecule has 0 amide bonds. The van der Waals surface area contributed by atoms with Gasteiger partial charge in [0, 0.05) is 55.6 Å². The molecule has 1 atom stereocenters. The Morgan fingerprint density at radius 1 is 1.17 bits per heavy atom. The number of benzene rings is 2. The van der Waals surface area contributed by atoms with Crippen LogP contribution in [0.1, 0.15) is 34.8 Å². The number of aromatic nitrogens is 2. The number of aromatic amines is 1. The van der Waals surface area contributed by atoms with Gasteiger partial charge in [-0.05, 0) is 42.3 Å². The van der Waals surface area contributed by atoms with E-state index in [0.29, 0.717) is 36.1 Å². The molecule has 2 aromatic carbocycles. The number of nitrogens with one attached hydrogen (secondary N) is 2. The molecule has 0 saturated carbocycles. The lowest BCUT2D eigenvalue weighted by Gasteiger charge is -2.17. The zero-order chi connectivity index (χ0) is 30.2. The second-order valence-electron chi connectivity index (χ2n) is 10.2. The highest BCUT2D eigenvalue weighted by atomic mass is 32.2. The molecule has 0 radical (unpaired) electrons. The summed E-state index contributed by atoms with van der Waals surface area (Å²) >= 11 is 0. The average Bonchev–Trinajstić information content (AvgIpc) is 3.61. The minimum absolute atomic E-state index is 0.0264. The molecule has 5 rings (SSSR count). The van der Waals surface area contributed by atoms with E-state index in [4.69, 9.17) is 0 Å². The number of carboxylic acid groups (broad SMARTS) is 1. The smallest absolute Gasteiger partial charge is 0.307 e. The van der Waals surface area contributed by atoms with Crippen molar-refractivity contribution in [3.8, 4) is 11.1 Å². The number of ketones is 1. The number of anilines is 1. The van der Waals surface area contributed by atoms with Gasteiger partial charge in [-0.1, -0.05) is 31.2 Å². The molecule has 13 heteroatoms. The third kappa shape index (κ3) is 5.75. The number of halogens is 2. The van der Waals surface area contributed by atoms with E-state index >= 15 is 4.39 Å². The Bertz CT molecular complexity index is 1780. The van der Waals surface area contributed by atoms with E-state index in [2.05, 4.69) is 19.6 Å². The zero-order valence-electron chi connectivity index (χ0n) is 22.9. The zero-order valence-corrected chi connectivity index (χ0v) is 23.7. The molecule has 42 heavy (non-hydrogen) atoms. The minimum Gasteiger partial charge on any atom is -0.481 e. The van der Waals surface area contributed by atoms with Crippen molar-refractivity contribution in [2.24, 2.45) is 5.92 Å². The van der Waals surface area contributed by atoms with Crippen LogP contribution in [0.25, 0.3) is 22.2 Å². The van der Waals surface area contributed by atoms with Crippen LogP contribution in [0.5, 0.6) is 0 Å². The standard InChI is InChI=1S/C29H29F2N5O5S/c1-3-35(2)42(40,41)34-24-9-8-23(30)25(26(24)31)27(37)22-14-33-28-21(22)12-20(13-32-28)18-6-4-17(5-7-18)15-36-11-10-19(16-36)29(38)39/h4-9,12-14,19,34H,3,10-11,15-16H2,1-2H3,(H,32,33)(H,38,39)/t19-/m1/s1. The number of pyridine rings is 1. The lowest BCUT2D eigenvalue weighted by Crippen LogP contribution is -2.32. The fourth-order valence-corrected chi connectivity index (χ4v) is 5.88. The lowest BCUT2D eigenvalue weighted by atomic mass is 9.99. The fraction of sp³-hybridized carbons (Fsp3) is 0.276. The molecular formula is C29H29F2N5O5S. The van der Waals surface area contributed by atoms with E-state index in [9.17, 15) is 27.5 Å². The van der Waals surface area contributed by atoms with Crippen LogP contribution < -0.4 is 4.72 Å². The monoisotopic (exact) mass is 597 g/mol. The van der Waals surface area contributed by atoms with E-state index < -0.39 is 44.8 Å². The van der Waals surface area contributed by atoms with Crippen LogP contribution in [0.2, 0.25) is 0 Å². The van der Waals surface area contributed by atoms with Crippen molar-refractivity contribution in [3.63, 3.8) is 0 Å². The molecule has 1 fully saturated rings. The SMILES string of the molecule is CCN(C)S(=O)(=O)Nc1ccc(F)c(C(=O)c2c[nH]c3ncc(-c4ccc(CN5CC[C@@H](C(=O)O)C5)cc4)cc23)c1F. The summed E-state index contributed by atoms with van der Waals surface area (Å²) in [7, 11) is -2.82. The molecule has 3 heterocycles. The van der Waals surface area contributed by atoms with Crippen LogP contribution in [0.4, 0.5) is 14.5 Å². The number of hydrogen-bond acceptors (Lipinski definition) is 6. The van der Waals surface area contributed by atoms with Crippen molar-refractivity contribution in [2.45, 2.75) is 19.9 Å². The van der Waals surface area contributed by atoms with E-state index in [-0.39, 0.29) is 18.0 Å².